The predicted molar refractivity (Wildman–Crippen MR) is 76.5 cm³/mol. The van der Waals surface area contributed by atoms with E-state index in [-0.39, 0.29) is 29.0 Å². The molecule has 0 aliphatic heterocycles. The summed E-state index contributed by atoms with van der Waals surface area (Å²) in [6.45, 7) is 0.404. The molecule has 6 heteroatoms. The van der Waals surface area contributed by atoms with Gasteiger partial charge in [-0.1, -0.05) is 18.9 Å². The first kappa shape index (κ1) is 15.4. The summed E-state index contributed by atoms with van der Waals surface area (Å²) >= 11 is 0. The van der Waals surface area contributed by atoms with Gasteiger partial charge in [0.15, 0.2) is 0 Å². The molecule has 0 heterocycles. The van der Waals surface area contributed by atoms with Crippen LogP contribution in [0, 0.1) is 17.7 Å². The van der Waals surface area contributed by atoms with Gasteiger partial charge in [-0.05, 0) is 37.4 Å². The number of benzene rings is 1. The van der Waals surface area contributed by atoms with Gasteiger partial charge in [-0.15, -0.1) is 0 Å². The number of carbonyl (C=O) groups excluding carboxylic acids is 1. The van der Waals surface area contributed by atoms with E-state index in [1.165, 1.54) is 12.1 Å². The molecule has 1 aromatic carbocycles. The number of para-hydroxylation sites is 1. The van der Waals surface area contributed by atoms with E-state index in [4.69, 9.17) is 10.8 Å². The minimum Gasteiger partial charge on any atom is -0.478 e. The maximum absolute atomic E-state index is 13.8. The molecule has 1 saturated carbocycles. The van der Waals surface area contributed by atoms with E-state index in [2.05, 4.69) is 5.32 Å². The number of carbonyl (C=O) groups is 2. The third-order valence-electron chi connectivity index (χ3n) is 4.04. The van der Waals surface area contributed by atoms with Crippen LogP contribution in [0.2, 0.25) is 0 Å². The van der Waals surface area contributed by atoms with Crippen LogP contribution >= 0.6 is 0 Å². The topological polar surface area (TPSA) is 92.4 Å². The molecule has 0 saturated heterocycles. The van der Waals surface area contributed by atoms with Gasteiger partial charge in [0, 0.05) is 5.92 Å². The molecule has 4 N–H and O–H groups in total. The fraction of sp³-hybridized carbons (Fsp3) is 0.467. The average molecular weight is 294 g/mol. The highest BCUT2D eigenvalue weighted by atomic mass is 19.1. The molecule has 5 nitrogen and oxygen atoms in total. The fourth-order valence-corrected chi connectivity index (χ4v) is 2.88. The summed E-state index contributed by atoms with van der Waals surface area (Å²) in [5.41, 5.74) is 5.17. The Morgan fingerprint density at radius 2 is 2.05 bits per heavy atom. The van der Waals surface area contributed by atoms with Crippen molar-refractivity contribution in [3.05, 3.63) is 29.6 Å². The maximum atomic E-state index is 13.8. The second kappa shape index (κ2) is 6.67. The van der Waals surface area contributed by atoms with E-state index in [1.807, 2.05) is 0 Å². The number of hydrogen-bond donors (Lipinski definition) is 3. The summed E-state index contributed by atoms with van der Waals surface area (Å²) in [5.74, 6) is -2.59. The van der Waals surface area contributed by atoms with Crippen molar-refractivity contribution < 1.29 is 19.1 Å². The van der Waals surface area contributed by atoms with Crippen LogP contribution in [0.3, 0.4) is 0 Å². The third-order valence-corrected chi connectivity index (χ3v) is 4.04. The first-order valence-electron chi connectivity index (χ1n) is 7.07. The van der Waals surface area contributed by atoms with Crippen LogP contribution in [0.4, 0.5) is 10.1 Å². The van der Waals surface area contributed by atoms with Gasteiger partial charge in [-0.2, -0.15) is 0 Å². The Labute approximate surface area is 122 Å². The van der Waals surface area contributed by atoms with E-state index < -0.39 is 11.8 Å². The lowest BCUT2D eigenvalue weighted by Gasteiger charge is -2.29. The number of carboxylic acid groups (broad SMARTS) is 1. The molecule has 0 bridgehead atoms. The van der Waals surface area contributed by atoms with Gasteiger partial charge in [-0.3, -0.25) is 4.79 Å². The van der Waals surface area contributed by atoms with Crippen LogP contribution in [0.25, 0.3) is 0 Å². The molecular weight excluding hydrogens is 275 g/mol. The number of carboxylic acids is 1. The van der Waals surface area contributed by atoms with Crippen LogP contribution in [0.15, 0.2) is 18.2 Å². The Morgan fingerprint density at radius 3 is 2.71 bits per heavy atom. The third kappa shape index (κ3) is 3.39. The van der Waals surface area contributed by atoms with E-state index in [9.17, 15) is 14.0 Å². The maximum Gasteiger partial charge on any atom is 0.337 e. The highest BCUT2D eigenvalue weighted by Gasteiger charge is 2.31. The number of rotatable bonds is 4. The van der Waals surface area contributed by atoms with Crippen LogP contribution in [0.1, 0.15) is 36.0 Å². The van der Waals surface area contributed by atoms with Gasteiger partial charge >= 0.3 is 5.97 Å². The molecule has 21 heavy (non-hydrogen) atoms. The van der Waals surface area contributed by atoms with Crippen LogP contribution in [-0.2, 0) is 4.79 Å². The zero-order valence-electron chi connectivity index (χ0n) is 11.6. The summed E-state index contributed by atoms with van der Waals surface area (Å²) in [6.07, 6.45) is 3.53. The number of anilines is 1. The standard InChI is InChI=1S/C15H19FN2O3/c16-12-7-3-6-11(15(20)21)13(12)18-14(19)10-5-2-1-4-9(10)8-17/h3,6-7,9-10H,1-2,4-5,8,17H2,(H,18,19)(H,20,21). The lowest BCUT2D eigenvalue weighted by molar-refractivity contribution is -0.122. The molecule has 0 radical (unpaired) electrons. The van der Waals surface area contributed by atoms with Crippen molar-refractivity contribution in [3.63, 3.8) is 0 Å². The van der Waals surface area contributed by atoms with Crippen molar-refractivity contribution in [3.8, 4) is 0 Å². The molecule has 1 aliphatic carbocycles. The Bertz CT molecular complexity index is 548. The molecular formula is C15H19FN2O3. The van der Waals surface area contributed by atoms with E-state index >= 15 is 0 Å². The van der Waals surface area contributed by atoms with Crippen molar-refractivity contribution in [2.45, 2.75) is 25.7 Å². The van der Waals surface area contributed by atoms with E-state index in [0.29, 0.717) is 13.0 Å². The van der Waals surface area contributed by atoms with E-state index in [1.54, 1.807) is 0 Å². The first-order chi connectivity index (χ1) is 10.0. The molecule has 0 aromatic heterocycles. The molecule has 0 spiro atoms. The highest BCUT2D eigenvalue weighted by molar-refractivity contribution is 6.01. The minimum absolute atomic E-state index is 0.0683. The zero-order chi connectivity index (χ0) is 15.4. The molecule has 1 amide bonds. The number of nitrogens with one attached hydrogen (secondary N) is 1. The molecule has 114 valence electrons. The number of halogens is 1. The van der Waals surface area contributed by atoms with Gasteiger partial charge in [-0.25, -0.2) is 9.18 Å². The summed E-state index contributed by atoms with van der Waals surface area (Å²) in [7, 11) is 0. The van der Waals surface area contributed by atoms with Crippen molar-refractivity contribution >= 4 is 17.6 Å². The summed E-state index contributed by atoms with van der Waals surface area (Å²) in [4.78, 5) is 23.5. The molecule has 1 aromatic rings. The van der Waals surface area contributed by atoms with Gasteiger partial charge in [0.05, 0.1) is 11.3 Å². The number of nitrogens with two attached hydrogens (primary N) is 1. The Kier molecular flexibility index (Phi) is 4.90. The molecule has 1 fully saturated rings. The molecule has 2 atom stereocenters. The Hall–Kier alpha value is -1.95. The average Bonchev–Trinajstić information content (AvgIpc) is 2.48. The van der Waals surface area contributed by atoms with Crippen LogP contribution in [0.5, 0.6) is 0 Å². The highest BCUT2D eigenvalue weighted by Crippen LogP contribution is 2.31. The van der Waals surface area contributed by atoms with Crippen molar-refractivity contribution in [2.24, 2.45) is 17.6 Å². The number of aromatic carboxylic acids is 1. The summed E-state index contributed by atoms with van der Waals surface area (Å²) in [6, 6.07) is 3.70. The normalized spacial score (nSPS) is 21.8. The van der Waals surface area contributed by atoms with Crippen molar-refractivity contribution in [1.82, 2.24) is 0 Å². The summed E-state index contributed by atoms with van der Waals surface area (Å²) in [5, 5.41) is 11.5. The second-order valence-corrected chi connectivity index (χ2v) is 5.34. The van der Waals surface area contributed by atoms with Gasteiger partial charge < -0.3 is 16.2 Å². The fourth-order valence-electron chi connectivity index (χ4n) is 2.88. The zero-order valence-corrected chi connectivity index (χ0v) is 11.6. The predicted octanol–water partition coefficient (Wildman–Crippen LogP) is 2.23. The lowest BCUT2D eigenvalue weighted by atomic mass is 9.78. The van der Waals surface area contributed by atoms with Crippen molar-refractivity contribution in [1.29, 1.82) is 0 Å². The van der Waals surface area contributed by atoms with Gasteiger partial charge in [0.25, 0.3) is 0 Å². The Morgan fingerprint density at radius 1 is 1.33 bits per heavy atom. The summed E-state index contributed by atoms with van der Waals surface area (Å²) < 4.78 is 13.8. The molecule has 2 unspecified atom stereocenters. The lowest BCUT2D eigenvalue weighted by Crippen LogP contribution is -2.36. The monoisotopic (exact) mass is 294 g/mol. The largest absolute Gasteiger partial charge is 0.478 e. The second-order valence-electron chi connectivity index (χ2n) is 5.34. The SMILES string of the molecule is NCC1CCCCC1C(=O)Nc1c(F)cccc1C(=O)O. The van der Waals surface area contributed by atoms with Crippen molar-refractivity contribution in [2.75, 3.05) is 11.9 Å². The van der Waals surface area contributed by atoms with E-state index in [0.717, 1.165) is 25.3 Å². The van der Waals surface area contributed by atoms with Crippen LogP contribution < -0.4 is 11.1 Å². The minimum atomic E-state index is -1.27. The van der Waals surface area contributed by atoms with Gasteiger partial charge in [0.2, 0.25) is 5.91 Å². The molecule has 1 aliphatic rings. The van der Waals surface area contributed by atoms with Gasteiger partial charge in [0.1, 0.15) is 5.82 Å². The first-order valence-corrected chi connectivity index (χ1v) is 7.07. The quantitative estimate of drug-likeness (QED) is 0.794. The Balaban J connectivity index is 2.21. The van der Waals surface area contributed by atoms with Crippen LogP contribution in [-0.4, -0.2) is 23.5 Å². The number of hydrogen-bond acceptors (Lipinski definition) is 3. The smallest absolute Gasteiger partial charge is 0.337 e. The molecule has 2 rings (SSSR count). The number of amides is 1.